The van der Waals surface area contributed by atoms with Crippen molar-refractivity contribution in [3.8, 4) is 23.0 Å². The van der Waals surface area contributed by atoms with E-state index in [1.165, 1.54) is 13.2 Å². The highest BCUT2D eigenvalue weighted by Gasteiger charge is 2.20. The maximum absolute atomic E-state index is 13.6. The summed E-state index contributed by atoms with van der Waals surface area (Å²) in [6.07, 6.45) is 0. The van der Waals surface area contributed by atoms with E-state index in [9.17, 15) is 9.18 Å². The largest absolute Gasteiger partial charge is 0.497 e. The van der Waals surface area contributed by atoms with Crippen molar-refractivity contribution >= 4 is 23.4 Å². The molecule has 7 nitrogen and oxygen atoms in total. The van der Waals surface area contributed by atoms with Crippen LogP contribution in [0.2, 0.25) is 0 Å². The first-order valence-corrected chi connectivity index (χ1v) is 9.58. The lowest BCUT2D eigenvalue weighted by molar-refractivity contribution is -0.115. The first kappa shape index (κ1) is 20.7. The fourth-order valence-electron chi connectivity index (χ4n) is 2.46. The fourth-order valence-corrected chi connectivity index (χ4v) is 3.14. The molecular formula is C20H20FN3O4S. The summed E-state index contributed by atoms with van der Waals surface area (Å²) in [4.78, 5) is 12.4. The van der Waals surface area contributed by atoms with Crippen LogP contribution in [0, 0.1) is 12.7 Å². The van der Waals surface area contributed by atoms with Crippen molar-refractivity contribution in [2.75, 3.05) is 19.5 Å². The average Bonchev–Trinajstić information content (AvgIpc) is 3.18. The van der Waals surface area contributed by atoms with Gasteiger partial charge in [0.2, 0.25) is 5.91 Å². The van der Waals surface area contributed by atoms with Gasteiger partial charge in [-0.2, -0.15) is 0 Å². The number of thioether (sulfide) groups is 1. The highest BCUT2D eigenvalue weighted by Crippen LogP contribution is 2.34. The lowest BCUT2D eigenvalue weighted by Gasteiger charge is -2.10. The predicted molar refractivity (Wildman–Crippen MR) is 108 cm³/mol. The van der Waals surface area contributed by atoms with Crippen molar-refractivity contribution in [1.82, 2.24) is 10.2 Å². The molecule has 3 aromatic rings. The van der Waals surface area contributed by atoms with Crippen molar-refractivity contribution in [1.29, 1.82) is 0 Å². The number of carbonyl (C=O) groups is 1. The molecule has 0 bridgehead atoms. The molecule has 2 aromatic carbocycles. The van der Waals surface area contributed by atoms with Crippen LogP contribution in [0.4, 0.5) is 10.1 Å². The van der Waals surface area contributed by atoms with E-state index < -0.39 is 5.25 Å². The maximum Gasteiger partial charge on any atom is 0.277 e. The second-order valence-corrected chi connectivity index (χ2v) is 7.44. The number of halogens is 1. The van der Waals surface area contributed by atoms with E-state index in [1.807, 2.05) is 0 Å². The van der Waals surface area contributed by atoms with Gasteiger partial charge >= 0.3 is 0 Å². The molecule has 1 heterocycles. The Morgan fingerprint density at radius 3 is 2.66 bits per heavy atom. The van der Waals surface area contributed by atoms with Gasteiger partial charge in [0.15, 0.2) is 0 Å². The first-order chi connectivity index (χ1) is 13.9. The van der Waals surface area contributed by atoms with E-state index in [0.717, 1.165) is 11.8 Å². The summed E-state index contributed by atoms with van der Waals surface area (Å²) in [5.41, 5.74) is 1.51. The van der Waals surface area contributed by atoms with E-state index in [-0.39, 0.29) is 22.8 Å². The molecule has 9 heteroatoms. The Morgan fingerprint density at radius 2 is 1.97 bits per heavy atom. The third-order valence-corrected chi connectivity index (χ3v) is 5.07. The lowest BCUT2D eigenvalue weighted by Crippen LogP contribution is -2.22. The number of aromatic nitrogens is 2. The third kappa shape index (κ3) is 4.86. The van der Waals surface area contributed by atoms with Gasteiger partial charge < -0.3 is 19.2 Å². The van der Waals surface area contributed by atoms with E-state index >= 15 is 0 Å². The van der Waals surface area contributed by atoms with Gasteiger partial charge in [0, 0.05) is 11.8 Å². The quantitative estimate of drug-likeness (QED) is 0.573. The number of ether oxygens (including phenoxy) is 2. The second kappa shape index (κ2) is 8.95. The maximum atomic E-state index is 13.6. The molecule has 1 atom stereocenters. The number of benzene rings is 2. The van der Waals surface area contributed by atoms with Gasteiger partial charge in [0.25, 0.3) is 11.1 Å². The van der Waals surface area contributed by atoms with Crippen LogP contribution in [0.3, 0.4) is 0 Å². The number of nitrogens with zero attached hydrogens (tertiary/aromatic N) is 2. The van der Waals surface area contributed by atoms with Crippen LogP contribution < -0.4 is 14.8 Å². The Morgan fingerprint density at radius 1 is 1.17 bits per heavy atom. The van der Waals surface area contributed by atoms with Crippen LogP contribution in [0.5, 0.6) is 11.5 Å². The molecule has 152 valence electrons. The number of nitrogens with one attached hydrogen (secondary N) is 1. The summed E-state index contributed by atoms with van der Waals surface area (Å²) < 4.78 is 29.8. The third-order valence-electron chi connectivity index (χ3n) is 4.13. The summed E-state index contributed by atoms with van der Waals surface area (Å²) in [5.74, 6) is 0.743. The standard InChI is InChI=1S/C20H20FN3O4S/c1-11-5-6-13(9-16(11)21)22-18(25)12(2)29-20-24-23-19(28-20)15-8-7-14(26-3)10-17(15)27-4/h5-10,12H,1-4H3,(H,22,25)/t12-/m1/s1. The van der Waals surface area contributed by atoms with Gasteiger partial charge in [-0.1, -0.05) is 17.8 Å². The Kier molecular flexibility index (Phi) is 6.38. The molecular weight excluding hydrogens is 397 g/mol. The van der Waals surface area contributed by atoms with Crippen molar-refractivity contribution in [3.05, 3.63) is 47.8 Å². The minimum Gasteiger partial charge on any atom is -0.497 e. The zero-order valence-corrected chi connectivity index (χ0v) is 17.2. The SMILES string of the molecule is COc1ccc(-c2nnc(S[C@H](C)C(=O)Nc3ccc(C)c(F)c3)o2)c(OC)c1. The molecule has 0 unspecified atom stereocenters. The van der Waals surface area contributed by atoms with Gasteiger partial charge in [-0.25, -0.2) is 4.39 Å². The topological polar surface area (TPSA) is 86.5 Å². The number of aryl methyl sites for hydroxylation is 1. The molecule has 1 aromatic heterocycles. The van der Waals surface area contributed by atoms with Crippen molar-refractivity contribution in [2.24, 2.45) is 0 Å². The summed E-state index contributed by atoms with van der Waals surface area (Å²) >= 11 is 1.10. The molecule has 29 heavy (non-hydrogen) atoms. The van der Waals surface area contributed by atoms with Crippen LogP contribution in [-0.4, -0.2) is 35.6 Å². The van der Waals surface area contributed by atoms with E-state index in [4.69, 9.17) is 13.9 Å². The number of carbonyl (C=O) groups excluding carboxylic acids is 1. The molecule has 0 saturated heterocycles. The van der Waals surface area contributed by atoms with Gasteiger partial charge in [-0.05, 0) is 43.7 Å². The fraction of sp³-hybridized carbons (Fsp3) is 0.250. The zero-order chi connectivity index (χ0) is 21.0. The highest BCUT2D eigenvalue weighted by molar-refractivity contribution is 8.00. The smallest absolute Gasteiger partial charge is 0.277 e. The number of hydrogen-bond acceptors (Lipinski definition) is 7. The number of rotatable bonds is 7. The summed E-state index contributed by atoms with van der Waals surface area (Å²) in [6, 6.07) is 9.76. The first-order valence-electron chi connectivity index (χ1n) is 8.71. The van der Waals surface area contributed by atoms with Crippen molar-refractivity contribution < 1.29 is 23.1 Å². The molecule has 0 spiro atoms. The molecule has 0 fully saturated rings. The lowest BCUT2D eigenvalue weighted by atomic mass is 10.2. The molecule has 0 aliphatic rings. The molecule has 1 N–H and O–H groups in total. The van der Waals surface area contributed by atoms with Gasteiger partial charge in [0.05, 0.1) is 25.0 Å². The Labute approximate surface area is 171 Å². The average molecular weight is 417 g/mol. The van der Waals surface area contributed by atoms with Crippen LogP contribution >= 0.6 is 11.8 Å². The number of amides is 1. The van der Waals surface area contributed by atoms with Gasteiger partial charge in [-0.3, -0.25) is 4.79 Å². The molecule has 1 amide bonds. The van der Waals surface area contributed by atoms with Crippen LogP contribution in [0.15, 0.2) is 46.0 Å². The highest BCUT2D eigenvalue weighted by atomic mass is 32.2. The van der Waals surface area contributed by atoms with Crippen molar-refractivity contribution in [3.63, 3.8) is 0 Å². The number of hydrogen-bond donors (Lipinski definition) is 1. The Bertz CT molecular complexity index is 1020. The molecule has 0 saturated carbocycles. The molecule has 3 rings (SSSR count). The van der Waals surface area contributed by atoms with Gasteiger partial charge in [0.1, 0.15) is 17.3 Å². The second-order valence-electron chi connectivity index (χ2n) is 6.15. The van der Waals surface area contributed by atoms with Crippen molar-refractivity contribution in [2.45, 2.75) is 24.3 Å². The normalized spacial score (nSPS) is 11.8. The van der Waals surface area contributed by atoms with Gasteiger partial charge in [-0.15, -0.1) is 10.2 Å². The summed E-state index contributed by atoms with van der Waals surface area (Å²) in [5, 5.41) is 10.4. The molecule has 0 aliphatic heterocycles. The Hall–Kier alpha value is -3.07. The summed E-state index contributed by atoms with van der Waals surface area (Å²) in [7, 11) is 3.10. The van der Waals surface area contributed by atoms with Crippen LogP contribution in [0.1, 0.15) is 12.5 Å². The van der Waals surface area contributed by atoms with Crippen LogP contribution in [0.25, 0.3) is 11.5 Å². The monoisotopic (exact) mass is 417 g/mol. The number of methoxy groups -OCH3 is 2. The zero-order valence-electron chi connectivity index (χ0n) is 16.4. The van der Waals surface area contributed by atoms with E-state index in [1.54, 1.807) is 51.3 Å². The predicted octanol–water partition coefficient (Wildman–Crippen LogP) is 4.32. The Balaban J connectivity index is 1.69. The van der Waals surface area contributed by atoms with E-state index in [0.29, 0.717) is 28.3 Å². The van der Waals surface area contributed by atoms with E-state index in [2.05, 4.69) is 15.5 Å². The molecule has 0 aliphatic carbocycles. The minimum atomic E-state index is -0.537. The summed E-state index contributed by atoms with van der Waals surface area (Å²) in [6.45, 7) is 3.35. The van der Waals surface area contributed by atoms with Crippen LogP contribution in [-0.2, 0) is 4.79 Å². The molecule has 0 radical (unpaired) electrons. The minimum absolute atomic E-state index is 0.232. The number of anilines is 1.